The summed E-state index contributed by atoms with van der Waals surface area (Å²) >= 11 is 0. The smallest absolute Gasteiger partial charge is 0.120 e. The Balaban J connectivity index is 1.66. The largest absolute Gasteiger partial charge is 0.497 e. The molecule has 0 bridgehead atoms. The molecule has 4 nitrogen and oxygen atoms in total. The molecule has 2 N–H and O–H groups in total. The van der Waals surface area contributed by atoms with Gasteiger partial charge in [0.1, 0.15) is 5.75 Å². The molecule has 2 aromatic carbocycles. The third-order valence-corrected chi connectivity index (χ3v) is 4.86. The SMILES string of the molecule is COc1cccc(N2CCN([C@@H](CN)c3ccc(C)cc3)CC2)c1. The second kappa shape index (κ2) is 7.69. The van der Waals surface area contributed by atoms with Crippen molar-refractivity contribution in [3.05, 3.63) is 59.7 Å². The molecule has 2 aromatic rings. The number of piperazine rings is 1. The normalized spacial score (nSPS) is 16.9. The third kappa shape index (κ3) is 3.71. The zero-order chi connectivity index (χ0) is 16.9. The van der Waals surface area contributed by atoms with Crippen molar-refractivity contribution in [1.82, 2.24) is 4.90 Å². The van der Waals surface area contributed by atoms with Gasteiger partial charge < -0.3 is 15.4 Å². The molecule has 1 aliphatic rings. The Labute approximate surface area is 144 Å². The van der Waals surface area contributed by atoms with Crippen LogP contribution in [0.25, 0.3) is 0 Å². The first-order valence-corrected chi connectivity index (χ1v) is 8.61. The summed E-state index contributed by atoms with van der Waals surface area (Å²) in [4.78, 5) is 4.92. The van der Waals surface area contributed by atoms with Crippen LogP contribution in [0.3, 0.4) is 0 Å². The average molecular weight is 325 g/mol. The topological polar surface area (TPSA) is 41.7 Å². The lowest BCUT2D eigenvalue weighted by Gasteiger charge is -2.40. The van der Waals surface area contributed by atoms with Gasteiger partial charge in [0.15, 0.2) is 0 Å². The Morgan fingerprint density at radius 2 is 1.75 bits per heavy atom. The highest BCUT2D eigenvalue weighted by Gasteiger charge is 2.24. The van der Waals surface area contributed by atoms with Crippen LogP contribution in [0.1, 0.15) is 17.2 Å². The van der Waals surface area contributed by atoms with Crippen LogP contribution in [-0.2, 0) is 0 Å². The number of hydrogen-bond acceptors (Lipinski definition) is 4. The second-order valence-electron chi connectivity index (χ2n) is 6.39. The lowest BCUT2D eigenvalue weighted by atomic mass is 10.0. The van der Waals surface area contributed by atoms with E-state index in [1.165, 1.54) is 16.8 Å². The number of anilines is 1. The van der Waals surface area contributed by atoms with Crippen LogP contribution < -0.4 is 15.4 Å². The van der Waals surface area contributed by atoms with Gasteiger partial charge in [-0.05, 0) is 24.6 Å². The minimum Gasteiger partial charge on any atom is -0.497 e. The van der Waals surface area contributed by atoms with Gasteiger partial charge in [0.05, 0.1) is 7.11 Å². The van der Waals surface area contributed by atoms with E-state index in [-0.39, 0.29) is 0 Å². The molecule has 0 aromatic heterocycles. The molecule has 128 valence electrons. The Hall–Kier alpha value is -2.04. The maximum Gasteiger partial charge on any atom is 0.120 e. The monoisotopic (exact) mass is 325 g/mol. The molecular weight excluding hydrogens is 298 g/mol. The van der Waals surface area contributed by atoms with Crippen molar-refractivity contribution in [2.45, 2.75) is 13.0 Å². The minimum absolute atomic E-state index is 0.304. The molecule has 0 saturated carbocycles. The fourth-order valence-corrected chi connectivity index (χ4v) is 3.38. The maximum absolute atomic E-state index is 6.09. The van der Waals surface area contributed by atoms with E-state index >= 15 is 0 Å². The molecule has 4 heteroatoms. The summed E-state index contributed by atoms with van der Waals surface area (Å²) in [5, 5.41) is 0. The Morgan fingerprint density at radius 1 is 1.04 bits per heavy atom. The lowest BCUT2D eigenvalue weighted by Crippen LogP contribution is -2.49. The van der Waals surface area contributed by atoms with Gasteiger partial charge in [0.25, 0.3) is 0 Å². The summed E-state index contributed by atoms with van der Waals surface area (Å²) in [5.41, 5.74) is 9.92. The molecular formula is C20H27N3O. The van der Waals surface area contributed by atoms with Gasteiger partial charge in [-0.1, -0.05) is 35.9 Å². The Kier molecular flexibility index (Phi) is 5.38. The van der Waals surface area contributed by atoms with Crippen LogP contribution in [0.4, 0.5) is 5.69 Å². The molecule has 0 amide bonds. The van der Waals surface area contributed by atoms with E-state index in [0.29, 0.717) is 12.6 Å². The van der Waals surface area contributed by atoms with Crippen LogP contribution in [0, 0.1) is 6.92 Å². The first-order valence-electron chi connectivity index (χ1n) is 8.61. The summed E-state index contributed by atoms with van der Waals surface area (Å²) in [7, 11) is 1.71. The minimum atomic E-state index is 0.304. The summed E-state index contributed by atoms with van der Waals surface area (Å²) in [5.74, 6) is 0.911. The molecule has 0 aliphatic carbocycles. The van der Waals surface area contributed by atoms with E-state index in [9.17, 15) is 0 Å². The van der Waals surface area contributed by atoms with Crippen molar-refractivity contribution in [3.8, 4) is 5.75 Å². The highest BCUT2D eigenvalue weighted by Crippen LogP contribution is 2.25. The lowest BCUT2D eigenvalue weighted by molar-refractivity contribution is 0.190. The van der Waals surface area contributed by atoms with E-state index < -0.39 is 0 Å². The first-order chi connectivity index (χ1) is 11.7. The quantitative estimate of drug-likeness (QED) is 0.918. The van der Waals surface area contributed by atoms with Crippen LogP contribution in [0.15, 0.2) is 48.5 Å². The summed E-state index contributed by atoms with van der Waals surface area (Å²) in [6.45, 7) is 6.83. The molecule has 1 atom stereocenters. The Morgan fingerprint density at radius 3 is 2.38 bits per heavy atom. The highest BCUT2D eigenvalue weighted by molar-refractivity contribution is 5.51. The number of aryl methyl sites for hydroxylation is 1. The first kappa shape index (κ1) is 16.8. The average Bonchev–Trinajstić information content (AvgIpc) is 2.64. The molecule has 0 spiro atoms. The van der Waals surface area contributed by atoms with Crippen LogP contribution in [0.2, 0.25) is 0 Å². The molecule has 3 rings (SSSR count). The van der Waals surface area contributed by atoms with E-state index in [4.69, 9.17) is 10.5 Å². The summed E-state index contributed by atoms with van der Waals surface area (Å²) < 4.78 is 5.34. The van der Waals surface area contributed by atoms with Crippen molar-refractivity contribution < 1.29 is 4.74 Å². The number of nitrogens with zero attached hydrogens (tertiary/aromatic N) is 2. The van der Waals surface area contributed by atoms with E-state index in [0.717, 1.165) is 31.9 Å². The van der Waals surface area contributed by atoms with Gasteiger partial charge in [-0.2, -0.15) is 0 Å². The van der Waals surface area contributed by atoms with Crippen molar-refractivity contribution in [1.29, 1.82) is 0 Å². The van der Waals surface area contributed by atoms with Crippen molar-refractivity contribution in [2.24, 2.45) is 5.73 Å². The van der Waals surface area contributed by atoms with Crippen molar-refractivity contribution in [2.75, 3.05) is 44.7 Å². The number of rotatable bonds is 5. The summed E-state index contributed by atoms with van der Waals surface area (Å²) in [6, 6.07) is 17.4. The summed E-state index contributed by atoms with van der Waals surface area (Å²) in [6.07, 6.45) is 0. The number of hydrogen-bond donors (Lipinski definition) is 1. The zero-order valence-electron chi connectivity index (χ0n) is 14.6. The fraction of sp³-hybridized carbons (Fsp3) is 0.400. The fourth-order valence-electron chi connectivity index (χ4n) is 3.38. The molecule has 0 radical (unpaired) electrons. The molecule has 0 unspecified atom stereocenters. The third-order valence-electron chi connectivity index (χ3n) is 4.86. The van der Waals surface area contributed by atoms with Gasteiger partial charge in [-0.25, -0.2) is 0 Å². The molecule has 1 saturated heterocycles. The van der Waals surface area contributed by atoms with Gasteiger partial charge in [-0.15, -0.1) is 0 Å². The molecule has 1 fully saturated rings. The van der Waals surface area contributed by atoms with E-state index in [1.54, 1.807) is 7.11 Å². The molecule has 24 heavy (non-hydrogen) atoms. The highest BCUT2D eigenvalue weighted by atomic mass is 16.5. The standard InChI is InChI=1S/C20H27N3O/c1-16-6-8-17(9-7-16)20(15-21)23-12-10-22(11-13-23)18-4-3-5-19(14-18)24-2/h3-9,14,20H,10-13,15,21H2,1-2H3/t20-/m0/s1. The van der Waals surface area contributed by atoms with Crippen LogP contribution in [0.5, 0.6) is 5.75 Å². The van der Waals surface area contributed by atoms with E-state index in [2.05, 4.69) is 59.2 Å². The van der Waals surface area contributed by atoms with Gasteiger partial charge in [-0.3, -0.25) is 4.90 Å². The Bertz CT molecular complexity index is 648. The molecule has 1 heterocycles. The second-order valence-corrected chi connectivity index (χ2v) is 6.39. The number of nitrogens with two attached hydrogens (primary N) is 1. The van der Waals surface area contributed by atoms with Gasteiger partial charge >= 0.3 is 0 Å². The predicted molar refractivity (Wildman–Crippen MR) is 99.8 cm³/mol. The predicted octanol–water partition coefficient (Wildman–Crippen LogP) is 2.83. The molecule has 1 aliphatic heterocycles. The van der Waals surface area contributed by atoms with Crippen LogP contribution in [-0.4, -0.2) is 44.7 Å². The van der Waals surface area contributed by atoms with E-state index in [1.807, 2.05) is 6.07 Å². The number of benzene rings is 2. The number of ether oxygens (including phenoxy) is 1. The van der Waals surface area contributed by atoms with Crippen molar-refractivity contribution >= 4 is 5.69 Å². The zero-order valence-corrected chi connectivity index (χ0v) is 14.6. The maximum atomic E-state index is 6.09. The number of methoxy groups -OCH3 is 1. The van der Waals surface area contributed by atoms with Gasteiger partial charge in [0.2, 0.25) is 0 Å². The van der Waals surface area contributed by atoms with Crippen molar-refractivity contribution in [3.63, 3.8) is 0 Å². The van der Waals surface area contributed by atoms with Crippen LogP contribution >= 0.6 is 0 Å². The van der Waals surface area contributed by atoms with Gasteiger partial charge in [0, 0.05) is 50.5 Å².